The van der Waals surface area contributed by atoms with Gasteiger partial charge in [-0.1, -0.05) is 12.1 Å². The van der Waals surface area contributed by atoms with Crippen LogP contribution in [0.15, 0.2) is 36.5 Å². The lowest BCUT2D eigenvalue weighted by atomic mass is 10.0. The summed E-state index contributed by atoms with van der Waals surface area (Å²) in [6, 6.07) is 10.4. The maximum atomic E-state index is 10.2. The molecule has 0 amide bonds. The third-order valence-corrected chi connectivity index (χ3v) is 4.81. The van der Waals surface area contributed by atoms with E-state index in [9.17, 15) is 5.11 Å². The van der Waals surface area contributed by atoms with Gasteiger partial charge in [0.2, 0.25) is 5.95 Å². The standard InChI is InChI=1S/C19H27N5O/c1-22(2)15-7-5-14(6-8-15)16-9-11-20-19(21-16)24-12-10-18(25)17(13-24)23(3)4/h5-9,11,17-18,25H,10,12-13H2,1-4H3/t17-,18+/m1/s1. The number of aromatic nitrogens is 2. The van der Waals surface area contributed by atoms with Crippen molar-refractivity contribution in [2.75, 3.05) is 51.1 Å². The Hall–Kier alpha value is -2.18. The molecule has 0 unspecified atom stereocenters. The van der Waals surface area contributed by atoms with Crippen molar-refractivity contribution in [2.45, 2.75) is 18.6 Å². The molecule has 0 aliphatic carbocycles. The maximum absolute atomic E-state index is 10.2. The number of likely N-dealkylation sites (N-methyl/N-ethyl adjacent to an activating group) is 1. The highest BCUT2D eigenvalue weighted by Crippen LogP contribution is 2.24. The van der Waals surface area contributed by atoms with Gasteiger partial charge in [-0.3, -0.25) is 0 Å². The summed E-state index contributed by atoms with van der Waals surface area (Å²) >= 11 is 0. The zero-order chi connectivity index (χ0) is 18.0. The van der Waals surface area contributed by atoms with E-state index in [4.69, 9.17) is 4.98 Å². The summed E-state index contributed by atoms with van der Waals surface area (Å²) in [5.74, 6) is 0.730. The van der Waals surface area contributed by atoms with Crippen molar-refractivity contribution in [1.82, 2.24) is 14.9 Å². The van der Waals surface area contributed by atoms with Crippen LogP contribution in [0.3, 0.4) is 0 Å². The predicted molar refractivity (Wildman–Crippen MR) is 102 cm³/mol. The zero-order valence-corrected chi connectivity index (χ0v) is 15.4. The van der Waals surface area contributed by atoms with E-state index in [0.717, 1.165) is 42.4 Å². The van der Waals surface area contributed by atoms with E-state index in [1.807, 2.05) is 40.5 Å². The quantitative estimate of drug-likeness (QED) is 0.914. The van der Waals surface area contributed by atoms with E-state index in [1.165, 1.54) is 0 Å². The van der Waals surface area contributed by atoms with E-state index in [1.54, 1.807) is 0 Å². The Kier molecular flexibility index (Phi) is 5.20. The summed E-state index contributed by atoms with van der Waals surface area (Å²) in [6.07, 6.45) is 2.24. The average molecular weight is 341 g/mol. The van der Waals surface area contributed by atoms with Gasteiger partial charge in [-0.2, -0.15) is 0 Å². The Morgan fingerprint density at radius 2 is 1.80 bits per heavy atom. The molecule has 2 aromatic rings. The fourth-order valence-electron chi connectivity index (χ4n) is 3.20. The van der Waals surface area contributed by atoms with Gasteiger partial charge in [0.15, 0.2) is 0 Å². The first-order valence-electron chi connectivity index (χ1n) is 8.66. The molecular weight excluding hydrogens is 314 g/mol. The van der Waals surface area contributed by atoms with Gasteiger partial charge in [0, 0.05) is 44.6 Å². The molecule has 1 aromatic carbocycles. The third kappa shape index (κ3) is 3.91. The van der Waals surface area contributed by atoms with Crippen molar-refractivity contribution in [3.05, 3.63) is 36.5 Å². The first-order valence-corrected chi connectivity index (χ1v) is 8.66. The molecule has 0 bridgehead atoms. The molecule has 1 aliphatic heterocycles. The molecule has 3 rings (SSSR count). The molecule has 1 aromatic heterocycles. The highest BCUT2D eigenvalue weighted by atomic mass is 16.3. The van der Waals surface area contributed by atoms with Crippen molar-refractivity contribution >= 4 is 11.6 Å². The molecule has 1 aliphatic rings. The normalized spacial score (nSPS) is 20.8. The number of rotatable bonds is 4. The first-order chi connectivity index (χ1) is 12.0. The van der Waals surface area contributed by atoms with Gasteiger partial charge in [-0.25, -0.2) is 9.97 Å². The second kappa shape index (κ2) is 7.37. The van der Waals surface area contributed by atoms with Crippen LogP contribution >= 0.6 is 0 Å². The number of benzene rings is 1. The van der Waals surface area contributed by atoms with Gasteiger partial charge < -0.3 is 19.8 Å². The summed E-state index contributed by atoms with van der Waals surface area (Å²) in [7, 11) is 8.06. The van der Waals surface area contributed by atoms with Crippen LogP contribution in [0.1, 0.15) is 6.42 Å². The van der Waals surface area contributed by atoms with Crippen LogP contribution in [0.2, 0.25) is 0 Å². The van der Waals surface area contributed by atoms with E-state index >= 15 is 0 Å². The number of nitrogens with zero attached hydrogens (tertiary/aromatic N) is 5. The second-order valence-corrected chi connectivity index (χ2v) is 7.02. The minimum absolute atomic E-state index is 0.0976. The van der Waals surface area contributed by atoms with Gasteiger partial charge in [0.1, 0.15) is 0 Å². The monoisotopic (exact) mass is 341 g/mol. The summed E-state index contributed by atoms with van der Waals surface area (Å²) in [4.78, 5) is 15.5. The van der Waals surface area contributed by atoms with Crippen LogP contribution in [-0.2, 0) is 0 Å². The molecule has 134 valence electrons. The molecular formula is C19H27N5O. The van der Waals surface area contributed by atoms with E-state index in [0.29, 0.717) is 0 Å². The zero-order valence-electron chi connectivity index (χ0n) is 15.4. The van der Waals surface area contributed by atoms with Gasteiger partial charge in [0.05, 0.1) is 17.8 Å². The maximum Gasteiger partial charge on any atom is 0.225 e. The highest BCUT2D eigenvalue weighted by Gasteiger charge is 2.30. The molecule has 0 spiro atoms. The highest BCUT2D eigenvalue weighted by molar-refractivity contribution is 5.63. The Morgan fingerprint density at radius 1 is 1.08 bits per heavy atom. The average Bonchev–Trinajstić information content (AvgIpc) is 2.62. The molecule has 0 saturated carbocycles. The molecule has 1 N–H and O–H groups in total. The van der Waals surface area contributed by atoms with Gasteiger partial charge in [-0.15, -0.1) is 0 Å². The third-order valence-electron chi connectivity index (χ3n) is 4.81. The Morgan fingerprint density at radius 3 is 2.44 bits per heavy atom. The van der Waals surface area contributed by atoms with Crippen LogP contribution in [-0.4, -0.2) is 73.4 Å². The van der Waals surface area contributed by atoms with Crippen molar-refractivity contribution < 1.29 is 5.11 Å². The fourth-order valence-corrected chi connectivity index (χ4v) is 3.20. The minimum atomic E-state index is -0.298. The SMILES string of the molecule is CN(C)c1ccc(-c2ccnc(N3CC[C@H](O)[C@H](N(C)C)C3)n2)cc1. The van der Waals surface area contributed by atoms with Crippen LogP contribution in [0.4, 0.5) is 11.6 Å². The topological polar surface area (TPSA) is 55.7 Å². The van der Waals surface area contributed by atoms with Crippen LogP contribution in [0.25, 0.3) is 11.3 Å². The number of hydrogen-bond acceptors (Lipinski definition) is 6. The number of piperidine rings is 1. The van der Waals surface area contributed by atoms with E-state index < -0.39 is 0 Å². The second-order valence-electron chi connectivity index (χ2n) is 7.02. The van der Waals surface area contributed by atoms with Gasteiger partial charge in [0.25, 0.3) is 0 Å². The Bertz CT molecular complexity index is 701. The molecule has 0 radical (unpaired) electrons. The number of hydrogen-bond donors (Lipinski definition) is 1. The molecule has 6 heteroatoms. The number of aliphatic hydroxyl groups excluding tert-OH is 1. The van der Waals surface area contributed by atoms with Crippen LogP contribution in [0, 0.1) is 0 Å². The smallest absolute Gasteiger partial charge is 0.225 e. The fraction of sp³-hybridized carbons (Fsp3) is 0.474. The first kappa shape index (κ1) is 17.6. The van der Waals surface area contributed by atoms with Crippen LogP contribution in [0.5, 0.6) is 0 Å². The Labute approximate surface area is 149 Å². The van der Waals surface area contributed by atoms with Gasteiger partial charge in [-0.05, 0) is 38.7 Å². The molecule has 1 saturated heterocycles. The summed E-state index contributed by atoms with van der Waals surface area (Å²) in [5, 5.41) is 10.2. The van der Waals surface area contributed by atoms with Crippen molar-refractivity contribution in [2.24, 2.45) is 0 Å². The molecule has 2 heterocycles. The van der Waals surface area contributed by atoms with Crippen LogP contribution < -0.4 is 9.80 Å². The van der Waals surface area contributed by atoms with E-state index in [2.05, 4.69) is 43.9 Å². The van der Waals surface area contributed by atoms with Crippen molar-refractivity contribution in [1.29, 1.82) is 0 Å². The lowest BCUT2D eigenvalue weighted by Gasteiger charge is -2.39. The van der Waals surface area contributed by atoms with Gasteiger partial charge >= 0.3 is 0 Å². The summed E-state index contributed by atoms with van der Waals surface area (Å²) < 4.78 is 0. The molecule has 25 heavy (non-hydrogen) atoms. The summed E-state index contributed by atoms with van der Waals surface area (Å²) in [6.45, 7) is 1.51. The number of aliphatic hydroxyl groups is 1. The molecule has 1 fully saturated rings. The minimum Gasteiger partial charge on any atom is -0.391 e. The predicted octanol–water partition coefficient (Wildman–Crippen LogP) is 1.71. The van der Waals surface area contributed by atoms with Crippen molar-refractivity contribution in [3.63, 3.8) is 0 Å². The summed E-state index contributed by atoms with van der Waals surface area (Å²) in [5.41, 5.74) is 3.16. The molecule has 6 nitrogen and oxygen atoms in total. The number of anilines is 2. The largest absolute Gasteiger partial charge is 0.391 e. The Balaban J connectivity index is 1.81. The van der Waals surface area contributed by atoms with Crippen molar-refractivity contribution in [3.8, 4) is 11.3 Å². The van der Waals surface area contributed by atoms with E-state index in [-0.39, 0.29) is 12.1 Å². The lowest BCUT2D eigenvalue weighted by Crippen LogP contribution is -2.53. The molecule has 2 atom stereocenters. The lowest BCUT2D eigenvalue weighted by molar-refractivity contribution is 0.0599.